The van der Waals surface area contributed by atoms with Crippen molar-refractivity contribution in [1.82, 2.24) is 9.78 Å². The second-order valence-corrected chi connectivity index (χ2v) is 7.64. The van der Waals surface area contributed by atoms with Crippen LogP contribution in [0.2, 0.25) is 0 Å². The highest BCUT2D eigenvalue weighted by molar-refractivity contribution is 5.97. The minimum Gasteiger partial charge on any atom is -0.449 e. The molecule has 1 amide bonds. The number of carbonyl (C=O) groups excluding carboxylic acids is 2. The van der Waals surface area contributed by atoms with E-state index in [1.807, 2.05) is 45.9 Å². The van der Waals surface area contributed by atoms with E-state index in [-0.39, 0.29) is 5.82 Å². The molecule has 0 fully saturated rings. The lowest BCUT2D eigenvalue weighted by molar-refractivity contribution is -0.148. The average Bonchev–Trinajstić information content (AvgIpc) is 3.03. The quantitative estimate of drug-likeness (QED) is 0.445. The molecule has 6 nitrogen and oxygen atoms in total. The lowest BCUT2D eigenvalue weighted by Crippen LogP contribution is -2.30. The van der Waals surface area contributed by atoms with Gasteiger partial charge in [-0.05, 0) is 76.1 Å². The van der Waals surface area contributed by atoms with Gasteiger partial charge in [0, 0.05) is 23.0 Å². The first-order valence-corrected chi connectivity index (χ1v) is 10.2. The van der Waals surface area contributed by atoms with Gasteiger partial charge in [0.05, 0.1) is 11.4 Å². The molecule has 32 heavy (non-hydrogen) atoms. The highest BCUT2D eigenvalue weighted by Crippen LogP contribution is 2.21. The fraction of sp³-hybridized carbons (Fsp3) is 0.240. The summed E-state index contributed by atoms with van der Waals surface area (Å²) in [6.45, 7) is 9.00. The Morgan fingerprint density at radius 1 is 1.06 bits per heavy atom. The number of nitrogens with one attached hydrogen (secondary N) is 1. The second-order valence-electron chi connectivity index (χ2n) is 7.64. The van der Waals surface area contributed by atoms with Crippen LogP contribution in [-0.2, 0) is 14.3 Å². The fourth-order valence-corrected chi connectivity index (χ4v) is 3.38. The zero-order valence-corrected chi connectivity index (χ0v) is 18.8. The van der Waals surface area contributed by atoms with Crippen LogP contribution in [0.3, 0.4) is 0 Å². The van der Waals surface area contributed by atoms with Gasteiger partial charge in [-0.15, -0.1) is 0 Å². The highest BCUT2D eigenvalue weighted by atomic mass is 19.1. The molecule has 0 aliphatic rings. The smallest absolute Gasteiger partial charge is 0.331 e. The third-order valence-corrected chi connectivity index (χ3v) is 5.20. The second kappa shape index (κ2) is 9.60. The molecule has 0 spiro atoms. The van der Waals surface area contributed by atoms with Gasteiger partial charge in [0.15, 0.2) is 6.10 Å². The van der Waals surface area contributed by atoms with Crippen LogP contribution in [0.15, 0.2) is 48.5 Å². The van der Waals surface area contributed by atoms with Crippen molar-refractivity contribution in [3.63, 3.8) is 0 Å². The molecule has 1 atom stereocenters. The molecule has 1 N–H and O–H groups in total. The molecule has 0 radical (unpaired) electrons. The van der Waals surface area contributed by atoms with Crippen LogP contribution in [0.5, 0.6) is 0 Å². The Bertz CT molecular complexity index is 1160. The predicted octanol–water partition coefficient (Wildman–Crippen LogP) is 4.83. The summed E-state index contributed by atoms with van der Waals surface area (Å²) in [6, 6.07) is 11.7. The molecule has 0 aliphatic heterocycles. The normalized spacial score (nSPS) is 12.1. The maximum absolute atomic E-state index is 13.2. The average molecular weight is 435 g/mol. The largest absolute Gasteiger partial charge is 0.449 e. The van der Waals surface area contributed by atoms with E-state index in [2.05, 4.69) is 10.4 Å². The van der Waals surface area contributed by atoms with E-state index in [4.69, 9.17) is 4.74 Å². The Hall–Kier alpha value is -3.74. The van der Waals surface area contributed by atoms with Gasteiger partial charge in [-0.2, -0.15) is 5.10 Å². The molecule has 0 aliphatic carbocycles. The number of ether oxygens (including phenoxy) is 1. The molecule has 3 rings (SSSR count). The van der Waals surface area contributed by atoms with Gasteiger partial charge in [0.25, 0.3) is 5.91 Å². The monoisotopic (exact) mass is 435 g/mol. The molecule has 2 aromatic carbocycles. The molecule has 166 valence electrons. The van der Waals surface area contributed by atoms with Crippen molar-refractivity contribution in [2.24, 2.45) is 0 Å². The van der Waals surface area contributed by atoms with Gasteiger partial charge >= 0.3 is 5.97 Å². The van der Waals surface area contributed by atoms with E-state index in [1.54, 1.807) is 22.9 Å². The maximum Gasteiger partial charge on any atom is 0.331 e. The van der Waals surface area contributed by atoms with E-state index in [0.717, 1.165) is 28.1 Å². The van der Waals surface area contributed by atoms with Crippen molar-refractivity contribution in [2.75, 3.05) is 5.32 Å². The summed E-state index contributed by atoms with van der Waals surface area (Å²) >= 11 is 0. The van der Waals surface area contributed by atoms with Crippen molar-refractivity contribution in [1.29, 1.82) is 0 Å². The lowest BCUT2D eigenvalue weighted by atomic mass is 10.1. The van der Waals surface area contributed by atoms with E-state index in [0.29, 0.717) is 11.4 Å². The van der Waals surface area contributed by atoms with Gasteiger partial charge in [0.2, 0.25) is 0 Å². The van der Waals surface area contributed by atoms with E-state index < -0.39 is 18.0 Å². The first-order valence-electron chi connectivity index (χ1n) is 10.2. The Balaban J connectivity index is 1.67. The Labute approximate surface area is 186 Å². The zero-order valence-electron chi connectivity index (χ0n) is 18.8. The van der Waals surface area contributed by atoms with Gasteiger partial charge in [-0.3, -0.25) is 4.79 Å². The highest BCUT2D eigenvalue weighted by Gasteiger charge is 2.18. The number of rotatable bonds is 6. The Morgan fingerprint density at radius 3 is 2.31 bits per heavy atom. The fourth-order valence-electron chi connectivity index (χ4n) is 3.38. The molecular weight excluding hydrogens is 409 g/mol. The van der Waals surface area contributed by atoms with Crippen molar-refractivity contribution in [2.45, 2.75) is 40.7 Å². The first kappa shape index (κ1) is 22.9. The Morgan fingerprint density at radius 2 is 1.69 bits per heavy atom. The predicted molar refractivity (Wildman–Crippen MR) is 122 cm³/mol. The molecule has 0 saturated heterocycles. The summed E-state index contributed by atoms with van der Waals surface area (Å²) in [6.07, 6.45) is 1.92. The van der Waals surface area contributed by atoms with Crippen LogP contribution in [0.1, 0.15) is 35.0 Å². The van der Waals surface area contributed by atoms with Crippen LogP contribution in [-0.4, -0.2) is 27.8 Å². The number of anilines is 1. The summed E-state index contributed by atoms with van der Waals surface area (Å²) in [7, 11) is 0. The number of aromatic nitrogens is 2. The van der Waals surface area contributed by atoms with Crippen molar-refractivity contribution < 1.29 is 18.7 Å². The number of esters is 1. The van der Waals surface area contributed by atoms with Crippen LogP contribution in [0.4, 0.5) is 10.1 Å². The third-order valence-electron chi connectivity index (χ3n) is 5.20. The van der Waals surface area contributed by atoms with Gasteiger partial charge in [-0.1, -0.05) is 18.2 Å². The molecule has 1 unspecified atom stereocenters. The molecule has 3 aromatic rings. The maximum atomic E-state index is 13.2. The van der Waals surface area contributed by atoms with Crippen molar-refractivity contribution in [3.05, 3.63) is 82.4 Å². The number of hydrogen-bond donors (Lipinski definition) is 1. The van der Waals surface area contributed by atoms with Gasteiger partial charge in [-0.25, -0.2) is 13.9 Å². The summed E-state index contributed by atoms with van der Waals surface area (Å²) in [5.74, 6) is -1.36. The topological polar surface area (TPSA) is 73.2 Å². The van der Waals surface area contributed by atoms with Crippen molar-refractivity contribution in [3.8, 4) is 5.69 Å². The number of carbonyl (C=O) groups is 2. The molecule has 0 saturated carbocycles. The minimum absolute atomic E-state index is 0.325. The number of para-hydroxylation sites is 1. The molecule has 7 heteroatoms. The molecular formula is C25H26FN3O3. The Kier molecular flexibility index (Phi) is 6.88. The summed E-state index contributed by atoms with van der Waals surface area (Å²) in [5.41, 5.74) is 5.54. The van der Waals surface area contributed by atoms with Crippen LogP contribution < -0.4 is 5.32 Å². The first-order chi connectivity index (χ1) is 15.2. The van der Waals surface area contributed by atoms with Crippen LogP contribution >= 0.6 is 0 Å². The summed E-state index contributed by atoms with van der Waals surface area (Å²) in [4.78, 5) is 24.8. The summed E-state index contributed by atoms with van der Waals surface area (Å²) in [5, 5.41) is 7.29. The number of aryl methyl sites for hydroxylation is 3. The third kappa shape index (κ3) is 5.11. The number of amides is 1. The summed E-state index contributed by atoms with van der Waals surface area (Å²) < 4.78 is 20.1. The molecule has 0 bridgehead atoms. The number of hydrogen-bond acceptors (Lipinski definition) is 4. The molecule has 1 aromatic heterocycles. The standard InChI is InChI=1S/C25H26FN3O3/c1-15-7-6-8-16(2)24(15)27-25(31)19(5)32-23(30)14-13-22-17(3)28-29(18(22)4)21-11-9-20(26)10-12-21/h6-14,19H,1-5H3,(H,27,31)/b14-13+. The number of halogens is 1. The zero-order chi connectivity index (χ0) is 23.4. The van der Waals surface area contributed by atoms with E-state index in [1.165, 1.54) is 25.1 Å². The van der Waals surface area contributed by atoms with E-state index >= 15 is 0 Å². The lowest BCUT2D eigenvalue weighted by Gasteiger charge is -2.15. The molecule has 1 heterocycles. The van der Waals surface area contributed by atoms with Gasteiger partial charge < -0.3 is 10.1 Å². The van der Waals surface area contributed by atoms with Crippen molar-refractivity contribution >= 4 is 23.6 Å². The van der Waals surface area contributed by atoms with Crippen LogP contribution in [0.25, 0.3) is 11.8 Å². The van der Waals surface area contributed by atoms with Gasteiger partial charge in [0.1, 0.15) is 5.82 Å². The van der Waals surface area contributed by atoms with E-state index in [9.17, 15) is 14.0 Å². The number of nitrogens with zero attached hydrogens (tertiary/aromatic N) is 2. The number of benzene rings is 2. The van der Waals surface area contributed by atoms with Crippen LogP contribution in [0, 0.1) is 33.5 Å². The SMILES string of the molecule is Cc1cccc(C)c1NC(=O)C(C)OC(=O)/C=C/c1c(C)nn(-c2ccc(F)cc2)c1C. The minimum atomic E-state index is -0.963.